The fourth-order valence-electron chi connectivity index (χ4n) is 2.32. The molecule has 0 bridgehead atoms. The minimum Gasteiger partial charge on any atom is -0.357 e. The fourth-order valence-corrected chi connectivity index (χ4v) is 2.32. The van der Waals surface area contributed by atoms with Crippen LogP contribution in [0.3, 0.4) is 0 Å². The zero-order chi connectivity index (χ0) is 16.3. The molecule has 2 N–H and O–H groups in total. The van der Waals surface area contributed by atoms with E-state index in [0.29, 0.717) is 6.54 Å². The molecule has 2 rings (SSSR count). The van der Waals surface area contributed by atoms with Gasteiger partial charge in [0.2, 0.25) is 0 Å². The van der Waals surface area contributed by atoms with Crippen LogP contribution >= 0.6 is 0 Å². The number of guanidine groups is 1. The van der Waals surface area contributed by atoms with Gasteiger partial charge >= 0.3 is 0 Å². The van der Waals surface area contributed by atoms with Crippen molar-refractivity contribution in [2.75, 3.05) is 13.1 Å². The Balaban J connectivity index is 2.03. The molecule has 0 saturated carbocycles. The molecule has 1 heterocycles. The highest BCUT2D eigenvalue weighted by molar-refractivity contribution is 5.79. The number of hydrogen-bond acceptors (Lipinski definition) is 2. The van der Waals surface area contributed by atoms with Crippen LogP contribution in [0.4, 0.5) is 0 Å². The summed E-state index contributed by atoms with van der Waals surface area (Å²) >= 11 is 0. The molecule has 5 heteroatoms. The molecule has 2 aromatic rings. The summed E-state index contributed by atoms with van der Waals surface area (Å²) in [6, 6.07) is 10.4. The maximum atomic E-state index is 4.71. The molecule has 1 aromatic heterocycles. The number of aliphatic imine (C=N–C) groups is 1. The lowest BCUT2D eigenvalue weighted by Crippen LogP contribution is -2.37. The smallest absolute Gasteiger partial charge is 0.191 e. The third-order valence-electron chi connectivity index (χ3n) is 3.58. The monoisotopic (exact) mass is 313 g/mol. The molecule has 0 spiro atoms. The van der Waals surface area contributed by atoms with E-state index in [0.717, 1.165) is 32.0 Å². The van der Waals surface area contributed by atoms with Crippen molar-refractivity contribution in [3.63, 3.8) is 0 Å². The van der Waals surface area contributed by atoms with Crippen molar-refractivity contribution in [3.05, 3.63) is 53.9 Å². The zero-order valence-electron chi connectivity index (χ0n) is 14.1. The number of nitrogens with zero attached hydrogens (tertiary/aromatic N) is 3. The molecule has 0 unspecified atom stereocenters. The van der Waals surface area contributed by atoms with Gasteiger partial charge < -0.3 is 10.6 Å². The van der Waals surface area contributed by atoms with Crippen LogP contribution in [0.15, 0.2) is 47.7 Å². The summed E-state index contributed by atoms with van der Waals surface area (Å²) < 4.78 is 1.94. The largest absolute Gasteiger partial charge is 0.357 e. The van der Waals surface area contributed by atoms with Crippen LogP contribution in [0.1, 0.15) is 37.8 Å². The molecule has 0 aliphatic heterocycles. The van der Waals surface area contributed by atoms with Crippen LogP contribution in [-0.4, -0.2) is 28.8 Å². The van der Waals surface area contributed by atoms with Crippen LogP contribution in [0.5, 0.6) is 0 Å². The van der Waals surface area contributed by atoms with Gasteiger partial charge in [0, 0.05) is 25.5 Å². The molecule has 0 amide bonds. The second-order valence-electron chi connectivity index (χ2n) is 5.45. The third-order valence-corrected chi connectivity index (χ3v) is 3.58. The van der Waals surface area contributed by atoms with Crippen LogP contribution in [0, 0.1) is 0 Å². The summed E-state index contributed by atoms with van der Waals surface area (Å²) in [6.07, 6.45) is 6.12. The highest BCUT2D eigenvalue weighted by Gasteiger charge is 2.03. The predicted molar refractivity (Wildman–Crippen MR) is 95.5 cm³/mol. The van der Waals surface area contributed by atoms with Gasteiger partial charge in [-0.1, -0.05) is 37.6 Å². The number of nitrogens with one attached hydrogen (secondary N) is 2. The second kappa shape index (κ2) is 9.66. The van der Waals surface area contributed by atoms with E-state index in [4.69, 9.17) is 4.99 Å². The van der Waals surface area contributed by atoms with Crippen molar-refractivity contribution >= 4 is 5.96 Å². The number of benzene rings is 1. The minimum atomic E-state index is 0.666. The van der Waals surface area contributed by atoms with E-state index in [9.17, 15) is 0 Å². The number of rotatable bonds is 8. The van der Waals surface area contributed by atoms with Crippen molar-refractivity contribution in [3.8, 4) is 0 Å². The molecule has 1 aromatic carbocycles. The van der Waals surface area contributed by atoms with Gasteiger partial charge in [-0.3, -0.25) is 4.68 Å². The molecular formula is C18H27N5. The minimum absolute atomic E-state index is 0.666. The molecule has 0 atom stereocenters. The van der Waals surface area contributed by atoms with Gasteiger partial charge in [0.25, 0.3) is 0 Å². The lowest BCUT2D eigenvalue weighted by atomic mass is 10.1. The first-order chi connectivity index (χ1) is 11.3. The first kappa shape index (κ1) is 17.1. The van der Waals surface area contributed by atoms with Crippen LogP contribution in [0.25, 0.3) is 0 Å². The summed E-state index contributed by atoms with van der Waals surface area (Å²) in [5, 5.41) is 11.0. The SMILES string of the molecule is CCCCNC(=NCc1ccccc1Cn1cccn1)NCC. The fraction of sp³-hybridized carbons (Fsp3) is 0.444. The maximum Gasteiger partial charge on any atom is 0.191 e. The molecule has 0 radical (unpaired) electrons. The Hall–Kier alpha value is -2.30. The third kappa shape index (κ3) is 5.77. The van der Waals surface area contributed by atoms with Crippen molar-refractivity contribution in [2.24, 2.45) is 4.99 Å². The van der Waals surface area contributed by atoms with Crippen molar-refractivity contribution in [1.82, 2.24) is 20.4 Å². The van der Waals surface area contributed by atoms with Crippen molar-refractivity contribution < 1.29 is 0 Å². The lowest BCUT2D eigenvalue weighted by Gasteiger charge is -2.12. The Bertz CT molecular complexity index is 589. The predicted octanol–water partition coefficient (Wildman–Crippen LogP) is 2.79. The quantitative estimate of drug-likeness (QED) is 0.448. The Morgan fingerprint density at radius 3 is 2.65 bits per heavy atom. The summed E-state index contributed by atoms with van der Waals surface area (Å²) in [7, 11) is 0. The van der Waals surface area contributed by atoms with E-state index < -0.39 is 0 Å². The Morgan fingerprint density at radius 2 is 1.96 bits per heavy atom. The van der Waals surface area contributed by atoms with Gasteiger partial charge in [0.1, 0.15) is 0 Å². The molecule has 0 saturated heterocycles. The van der Waals surface area contributed by atoms with E-state index in [-0.39, 0.29) is 0 Å². The first-order valence-corrected chi connectivity index (χ1v) is 8.39. The normalized spacial score (nSPS) is 11.5. The molecule has 0 fully saturated rings. The van der Waals surface area contributed by atoms with Crippen molar-refractivity contribution in [1.29, 1.82) is 0 Å². The summed E-state index contributed by atoms with van der Waals surface area (Å²) in [5.41, 5.74) is 2.49. The van der Waals surface area contributed by atoms with Gasteiger partial charge in [0.15, 0.2) is 5.96 Å². The topological polar surface area (TPSA) is 54.2 Å². The van der Waals surface area contributed by atoms with E-state index in [1.807, 2.05) is 23.1 Å². The van der Waals surface area contributed by atoms with E-state index >= 15 is 0 Å². The van der Waals surface area contributed by atoms with Gasteiger partial charge in [-0.15, -0.1) is 0 Å². The van der Waals surface area contributed by atoms with Crippen LogP contribution in [-0.2, 0) is 13.1 Å². The average Bonchev–Trinajstić information content (AvgIpc) is 3.07. The van der Waals surface area contributed by atoms with Gasteiger partial charge in [-0.05, 0) is 30.5 Å². The van der Waals surface area contributed by atoms with Crippen LogP contribution < -0.4 is 10.6 Å². The highest BCUT2D eigenvalue weighted by atomic mass is 15.3. The summed E-state index contributed by atoms with van der Waals surface area (Å²) in [6.45, 7) is 7.54. The average molecular weight is 313 g/mol. The lowest BCUT2D eigenvalue weighted by molar-refractivity contribution is 0.680. The van der Waals surface area contributed by atoms with E-state index in [1.54, 1.807) is 0 Å². The maximum absolute atomic E-state index is 4.71. The van der Waals surface area contributed by atoms with E-state index in [2.05, 4.69) is 53.8 Å². The highest BCUT2D eigenvalue weighted by Crippen LogP contribution is 2.11. The Morgan fingerprint density at radius 1 is 1.13 bits per heavy atom. The van der Waals surface area contributed by atoms with Gasteiger partial charge in [0.05, 0.1) is 13.1 Å². The Labute approximate surface area is 138 Å². The van der Waals surface area contributed by atoms with Crippen LogP contribution in [0.2, 0.25) is 0 Å². The number of hydrogen-bond donors (Lipinski definition) is 2. The second-order valence-corrected chi connectivity index (χ2v) is 5.45. The number of aromatic nitrogens is 2. The first-order valence-electron chi connectivity index (χ1n) is 8.39. The summed E-state index contributed by atoms with van der Waals surface area (Å²) in [4.78, 5) is 4.71. The number of unbranched alkanes of at least 4 members (excludes halogenated alkanes) is 1. The molecule has 5 nitrogen and oxygen atoms in total. The molecule has 23 heavy (non-hydrogen) atoms. The molecule has 124 valence electrons. The summed E-state index contributed by atoms with van der Waals surface area (Å²) in [5.74, 6) is 0.884. The van der Waals surface area contributed by atoms with E-state index in [1.165, 1.54) is 17.5 Å². The molecular weight excluding hydrogens is 286 g/mol. The van der Waals surface area contributed by atoms with Crippen molar-refractivity contribution in [2.45, 2.75) is 39.8 Å². The molecule has 0 aliphatic rings. The Kier molecular flexibility index (Phi) is 7.17. The van der Waals surface area contributed by atoms with Gasteiger partial charge in [-0.2, -0.15) is 5.10 Å². The standard InChI is InChI=1S/C18H27N5/c1-3-5-11-20-18(19-4-2)21-14-16-9-6-7-10-17(16)15-23-13-8-12-22-23/h6-10,12-13H,3-5,11,14-15H2,1-2H3,(H2,19,20,21). The molecule has 0 aliphatic carbocycles. The zero-order valence-corrected chi connectivity index (χ0v) is 14.1. The van der Waals surface area contributed by atoms with Gasteiger partial charge in [-0.25, -0.2) is 4.99 Å².